The molecule has 0 saturated carbocycles. The molecule has 0 aliphatic rings. The van der Waals surface area contributed by atoms with E-state index in [1.165, 1.54) is 18.0 Å². The van der Waals surface area contributed by atoms with Gasteiger partial charge in [0.15, 0.2) is 5.03 Å². The monoisotopic (exact) mass is 299 g/mol. The zero-order valence-electron chi connectivity index (χ0n) is 10.1. The van der Waals surface area contributed by atoms with Crippen LogP contribution in [0.4, 0.5) is 5.69 Å². The molecule has 0 bridgehead atoms. The molecule has 102 valence electrons. The van der Waals surface area contributed by atoms with Crippen LogP contribution in [0.5, 0.6) is 0 Å². The zero-order chi connectivity index (χ0) is 13.9. The second-order valence-electron chi connectivity index (χ2n) is 3.72. The first-order valence-electron chi connectivity index (χ1n) is 5.37. The van der Waals surface area contributed by atoms with Crippen LogP contribution in [-0.2, 0) is 16.6 Å². The minimum atomic E-state index is -3.78. The molecule has 0 unspecified atom stereocenters. The van der Waals surface area contributed by atoms with Crippen molar-refractivity contribution in [3.05, 3.63) is 36.0 Å². The Hall–Kier alpha value is -1.51. The van der Waals surface area contributed by atoms with Gasteiger partial charge in [-0.3, -0.25) is 9.82 Å². The van der Waals surface area contributed by atoms with Gasteiger partial charge in [0.05, 0.1) is 12.8 Å². The van der Waals surface area contributed by atoms with E-state index < -0.39 is 16.6 Å². The van der Waals surface area contributed by atoms with Crippen LogP contribution in [0.2, 0.25) is 0 Å². The number of aromatic nitrogens is 2. The molecular formula is C11H13N3O3S2. The Morgan fingerprint density at radius 2 is 2.26 bits per heavy atom. The lowest BCUT2D eigenvalue weighted by Gasteiger charge is -2.08. The van der Waals surface area contributed by atoms with Crippen LogP contribution in [0.1, 0.15) is 5.56 Å². The van der Waals surface area contributed by atoms with Gasteiger partial charge in [-0.15, -0.1) is 11.8 Å². The molecule has 0 fully saturated rings. The summed E-state index contributed by atoms with van der Waals surface area (Å²) >= 11 is 1.52. The van der Waals surface area contributed by atoms with E-state index in [9.17, 15) is 8.42 Å². The summed E-state index contributed by atoms with van der Waals surface area (Å²) in [5.41, 5.74) is 0.693. The van der Waals surface area contributed by atoms with Crippen molar-refractivity contribution in [3.8, 4) is 0 Å². The molecule has 2 aromatic rings. The molecule has 19 heavy (non-hydrogen) atoms. The van der Waals surface area contributed by atoms with E-state index >= 15 is 0 Å². The number of nitrogens with one attached hydrogen (secondary N) is 2. The van der Waals surface area contributed by atoms with E-state index in [0.717, 1.165) is 4.90 Å². The Kier molecular flexibility index (Phi) is 4.13. The summed E-state index contributed by atoms with van der Waals surface area (Å²) in [5, 5.41) is 14.9. The van der Waals surface area contributed by atoms with Gasteiger partial charge in [0.2, 0.25) is 0 Å². The predicted octanol–water partition coefficient (Wildman–Crippen LogP) is 1.42. The van der Waals surface area contributed by atoms with Crippen molar-refractivity contribution in [2.75, 3.05) is 11.0 Å². The maximum atomic E-state index is 12.1. The van der Waals surface area contributed by atoms with E-state index in [2.05, 4.69) is 14.9 Å². The number of aromatic amines is 1. The highest BCUT2D eigenvalue weighted by molar-refractivity contribution is 7.98. The minimum absolute atomic E-state index is 0.121. The quantitative estimate of drug-likeness (QED) is 0.726. The fourth-order valence-electron chi connectivity index (χ4n) is 1.54. The van der Waals surface area contributed by atoms with Gasteiger partial charge in [-0.05, 0) is 24.5 Å². The Labute approximate surface area is 115 Å². The van der Waals surface area contributed by atoms with Crippen molar-refractivity contribution in [1.82, 2.24) is 10.2 Å². The van der Waals surface area contributed by atoms with Gasteiger partial charge in [0.1, 0.15) is 0 Å². The summed E-state index contributed by atoms with van der Waals surface area (Å²) < 4.78 is 26.7. The normalized spacial score (nSPS) is 11.5. The van der Waals surface area contributed by atoms with Crippen LogP contribution in [0.15, 0.2) is 40.4 Å². The molecule has 0 aliphatic heterocycles. The van der Waals surface area contributed by atoms with E-state index in [0.29, 0.717) is 5.69 Å². The number of hydrogen-bond acceptors (Lipinski definition) is 5. The van der Waals surface area contributed by atoms with Crippen molar-refractivity contribution < 1.29 is 13.5 Å². The van der Waals surface area contributed by atoms with Crippen LogP contribution < -0.4 is 4.72 Å². The molecule has 3 N–H and O–H groups in total. The first kappa shape index (κ1) is 13.9. The van der Waals surface area contributed by atoms with Gasteiger partial charge in [-0.25, -0.2) is 0 Å². The Bertz CT molecular complexity index is 667. The molecule has 0 radical (unpaired) electrons. The number of aliphatic hydroxyl groups is 1. The lowest BCUT2D eigenvalue weighted by molar-refractivity contribution is 0.278. The SMILES string of the molecule is CSc1cccc(NS(=O)(=O)c2[nH]ncc2CO)c1. The van der Waals surface area contributed by atoms with E-state index in [1.54, 1.807) is 18.2 Å². The van der Waals surface area contributed by atoms with Crippen LogP contribution in [0.3, 0.4) is 0 Å². The highest BCUT2D eigenvalue weighted by Gasteiger charge is 2.20. The van der Waals surface area contributed by atoms with E-state index in [1.807, 2.05) is 12.3 Å². The van der Waals surface area contributed by atoms with Crippen LogP contribution >= 0.6 is 11.8 Å². The number of anilines is 1. The third kappa shape index (κ3) is 3.09. The molecule has 0 aliphatic carbocycles. The molecular weight excluding hydrogens is 286 g/mol. The van der Waals surface area contributed by atoms with Gasteiger partial charge in [-0.2, -0.15) is 13.5 Å². The standard InChI is InChI=1S/C11H13N3O3S2/c1-18-10-4-2-3-9(5-10)14-19(16,17)11-8(7-15)6-12-13-11/h2-6,14-15H,7H2,1H3,(H,12,13). The van der Waals surface area contributed by atoms with Crippen molar-refractivity contribution in [1.29, 1.82) is 0 Å². The third-order valence-electron chi connectivity index (χ3n) is 2.44. The molecule has 0 saturated heterocycles. The second-order valence-corrected chi connectivity index (χ2v) is 6.22. The summed E-state index contributed by atoms with van der Waals surface area (Å²) in [4.78, 5) is 0.951. The number of nitrogens with zero attached hydrogens (tertiary/aromatic N) is 1. The number of benzene rings is 1. The number of sulfonamides is 1. The largest absolute Gasteiger partial charge is 0.392 e. The topological polar surface area (TPSA) is 95.1 Å². The summed E-state index contributed by atoms with van der Waals surface area (Å²) in [6.07, 6.45) is 3.19. The number of aliphatic hydroxyl groups excluding tert-OH is 1. The molecule has 1 aromatic carbocycles. The Morgan fingerprint density at radius 1 is 1.47 bits per heavy atom. The lowest BCUT2D eigenvalue weighted by atomic mass is 10.3. The average molecular weight is 299 g/mol. The van der Waals surface area contributed by atoms with Crippen LogP contribution in [0.25, 0.3) is 0 Å². The molecule has 2 rings (SSSR count). The number of thioether (sulfide) groups is 1. The van der Waals surface area contributed by atoms with Crippen molar-refractivity contribution in [2.24, 2.45) is 0 Å². The Morgan fingerprint density at radius 3 is 2.95 bits per heavy atom. The molecule has 1 aromatic heterocycles. The zero-order valence-corrected chi connectivity index (χ0v) is 11.8. The predicted molar refractivity (Wildman–Crippen MR) is 73.5 cm³/mol. The highest BCUT2D eigenvalue weighted by atomic mass is 32.2. The minimum Gasteiger partial charge on any atom is -0.392 e. The van der Waals surface area contributed by atoms with Gasteiger partial charge >= 0.3 is 0 Å². The number of hydrogen-bond donors (Lipinski definition) is 3. The van der Waals surface area contributed by atoms with Gasteiger partial charge in [-0.1, -0.05) is 6.07 Å². The molecule has 8 heteroatoms. The average Bonchev–Trinajstić information content (AvgIpc) is 2.87. The van der Waals surface area contributed by atoms with Crippen LogP contribution in [-0.4, -0.2) is 30.0 Å². The van der Waals surface area contributed by atoms with E-state index in [-0.39, 0.29) is 10.6 Å². The van der Waals surface area contributed by atoms with Gasteiger partial charge in [0.25, 0.3) is 10.0 Å². The number of H-pyrrole nitrogens is 1. The maximum absolute atomic E-state index is 12.1. The molecule has 0 spiro atoms. The Balaban J connectivity index is 2.31. The van der Waals surface area contributed by atoms with Crippen molar-refractivity contribution in [2.45, 2.75) is 16.5 Å². The first-order chi connectivity index (χ1) is 9.06. The smallest absolute Gasteiger partial charge is 0.279 e. The van der Waals surface area contributed by atoms with Gasteiger partial charge in [0, 0.05) is 16.1 Å². The number of rotatable bonds is 5. The van der Waals surface area contributed by atoms with E-state index in [4.69, 9.17) is 5.11 Å². The highest BCUT2D eigenvalue weighted by Crippen LogP contribution is 2.22. The first-order valence-corrected chi connectivity index (χ1v) is 8.07. The molecule has 6 nitrogen and oxygen atoms in total. The summed E-state index contributed by atoms with van der Waals surface area (Å²) in [6, 6.07) is 7.05. The van der Waals surface area contributed by atoms with Crippen molar-refractivity contribution >= 4 is 27.5 Å². The lowest BCUT2D eigenvalue weighted by Crippen LogP contribution is -2.15. The molecule has 0 atom stereocenters. The summed E-state index contributed by atoms with van der Waals surface area (Å²) in [5.74, 6) is 0. The maximum Gasteiger partial charge on any atom is 0.279 e. The second kappa shape index (κ2) is 5.64. The van der Waals surface area contributed by atoms with Gasteiger partial charge < -0.3 is 5.11 Å². The van der Waals surface area contributed by atoms with Crippen molar-refractivity contribution in [3.63, 3.8) is 0 Å². The third-order valence-corrected chi connectivity index (χ3v) is 4.56. The summed E-state index contributed by atoms with van der Waals surface area (Å²) in [6.45, 7) is -0.391. The fraction of sp³-hybridized carbons (Fsp3) is 0.182. The van der Waals surface area contributed by atoms with Crippen LogP contribution in [0, 0.1) is 0 Å². The fourth-order valence-corrected chi connectivity index (χ4v) is 3.17. The molecule has 1 heterocycles. The summed E-state index contributed by atoms with van der Waals surface area (Å²) in [7, 11) is -3.78. The molecule has 0 amide bonds.